The van der Waals surface area contributed by atoms with Crippen LogP contribution in [0.4, 0.5) is 4.39 Å². The van der Waals surface area contributed by atoms with Gasteiger partial charge >= 0.3 is 0 Å². The molecule has 3 aromatic rings. The number of pyridine rings is 1. The predicted octanol–water partition coefficient (Wildman–Crippen LogP) is 2.40. The lowest BCUT2D eigenvalue weighted by molar-refractivity contribution is 0.460. The van der Waals surface area contributed by atoms with E-state index in [-0.39, 0.29) is 5.82 Å². The molecular formula is C19H22FN7O. The van der Waals surface area contributed by atoms with E-state index in [9.17, 15) is 4.39 Å². The summed E-state index contributed by atoms with van der Waals surface area (Å²) in [6.07, 6.45) is 3.17. The number of halogens is 1. The van der Waals surface area contributed by atoms with Crippen molar-refractivity contribution in [3.8, 4) is 11.6 Å². The second kappa shape index (κ2) is 9.45. The van der Waals surface area contributed by atoms with Gasteiger partial charge in [0.2, 0.25) is 5.88 Å². The smallest absolute Gasteiger partial charge is 0.219 e. The lowest BCUT2D eigenvalue weighted by Crippen LogP contribution is -2.37. The molecule has 2 N–H and O–H groups in total. The fourth-order valence-electron chi connectivity index (χ4n) is 2.38. The molecule has 9 heteroatoms. The van der Waals surface area contributed by atoms with Gasteiger partial charge in [-0.25, -0.2) is 19.4 Å². The molecule has 146 valence electrons. The summed E-state index contributed by atoms with van der Waals surface area (Å²) in [6, 6.07) is 9.47. The molecule has 0 aliphatic carbocycles. The molecule has 8 nitrogen and oxygen atoms in total. The maximum atomic E-state index is 13.0. The van der Waals surface area contributed by atoms with Crippen LogP contribution in [0.5, 0.6) is 11.6 Å². The molecule has 0 spiro atoms. The van der Waals surface area contributed by atoms with E-state index >= 15 is 0 Å². The minimum absolute atomic E-state index is 0.312. The quantitative estimate of drug-likeness (QED) is 0.481. The normalized spacial score (nSPS) is 11.3. The lowest BCUT2D eigenvalue weighted by atomic mass is 10.2. The van der Waals surface area contributed by atoms with Gasteiger partial charge in [-0.3, -0.25) is 4.68 Å². The summed E-state index contributed by atoms with van der Waals surface area (Å²) in [5.74, 6) is 2.12. The Morgan fingerprint density at radius 3 is 2.71 bits per heavy atom. The zero-order valence-electron chi connectivity index (χ0n) is 15.8. The summed E-state index contributed by atoms with van der Waals surface area (Å²) in [5, 5.41) is 10.5. The number of benzene rings is 1. The molecular weight excluding hydrogens is 361 g/mol. The van der Waals surface area contributed by atoms with Crippen LogP contribution in [-0.4, -0.2) is 32.3 Å². The zero-order chi connectivity index (χ0) is 19.8. The van der Waals surface area contributed by atoms with Gasteiger partial charge in [-0.1, -0.05) is 0 Å². The van der Waals surface area contributed by atoms with Crippen molar-refractivity contribution in [3.05, 3.63) is 66.1 Å². The second-order valence-electron chi connectivity index (χ2n) is 5.91. The second-order valence-corrected chi connectivity index (χ2v) is 5.91. The Morgan fingerprint density at radius 1 is 1.18 bits per heavy atom. The van der Waals surface area contributed by atoms with Crippen molar-refractivity contribution in [3.63, 3.8) is 0 Å². The summed E-state index contributed by atoms with van der Waals surface area (Å²) in [6.45, 7) is 3.69. The molecule has 0 aliphatic rings. The van der Waals surface area contributed by atoms with Gasteiger partial charge in [0.25, 0.3) is 0 Å². The standard InChI is InChI=1S/C19H22FN7O/c1-3-21-19(24-12-17-25-13-26-27(17)2)23-11-14-8-9-22-18(10-14)28-16-6-4-15(20)5-7-16/h4-10,13H,3,11-12H2,1-2H3,(H2,21,23,24). The van der Waals surface area contributed by atoms with Crippen molar-refractivity contribution < 1.29 is 9.13 Å². The fraction of sp³-hybridized carbons (Fsp3) is 0.263. The van der Waals surface area contributed by atoms with Gasteiger partial charge in [0.1, 0.15) is 23.7 Å². The number of ether oxygens (including phenoxy) is 1. The van der Waals surface area contributed by atoms with Crippen molar-refractivity contribution >= 4 is 5.96 Å². The van der Waals surface area contributed by atoms with Gasteiger partial charge in [-0.2, -0.15) is 5.10 Å². The molecule has 0 atom stereocenters. The molecule has 2 heterocycles. The van der Waals surface area contributed by atoms with E-state index in [4.69, 9.17) is 4.74 Å². The number of aliphatic imine (C=N–C) groups is 1. The molecule has 0 radical (unpaired) electrons. The van der Waals surface area contributed by atoms with Gasteiger partial charge in [0.15, 0.2) is 5.96 Å². The van der Waals surface area contributed by atoms with Crippen LogP contribution in [0.25, 0.3) is 0 Å². The van der Waals surface area contributed by atoms with Crippen LogP contribution in [-0.2, 0) is 20.1 Å². The Morgan fingerprint density at radius 2 is 2.00 bits per heavy atom. The molecule has 1 aromatic carbocycles. The van der Waals surface area contributed by atoms with Crippen molar-refractivity contribution in [2.45, 2.75) is 20.0 Å². The first-order chi connectivity index (χ1) is 13.6. The Hall–Kier alpha value is -3.49. The van der Waals surface area contributed by atoms with E-state index < -0.39 is 0 Å². The van der Waals surface area contributed by atoms with Crippen LogP contribution in [0.1, 0.15) is 18.3 Å². The topological polar surface area (TPSA) is 89.2 Å². The Balaban J connectivity index is 1.63. The van der Waals surface area contributed by atoms with Gasteiger partial charge in [0.05, 0.1) is 13.1 Å². The highest BCUT2D eigenvalue weighted by Gasteiger charge is 2.04. The average molecular weight is 383 g/mol. The number of aryl methyl sites for hydroxylation is 1. The predicted molar refractivity (Wildman–Crippen MR) is 103 cm³/mol. The van der Waals surface area contributed by atoms with E-state index in [1.54, 1.807) is 29.1 Å². The molecule has 3 rings (SSSR count). The first-order valence-electron chi connectivity index (χ1n) is 8.87. The van der Waals surface area contributed by atoms with E-state index in [1.807, 2.05) is 20.0 Å². The summed E-state index contributed by atoms with van der Waals surface area (Å²) < 4.78 is 20.4. The zero-order valence-corrected chi connectivity index (χ0v) is 15.8. The summed E-state index contributed by atoms with van der Waals surface area (Å²) in [4.78, 5) is 12.9. The molecule has 0 amide bonds. The number of hydrogen-bond donors (Lipinski definition) is 2. The largest absolute Gasteiger partial charge is 0.439 e. The summed E-state index contributed by atoms with van der Waals surface area (Å²) in [5.41, 5.74) is 0.933. The van der Waals surface area contributed by atoms with Crippen molar-refractivity contribution in [1.82, 2.24) is 30.4 Å². The minimum Gasteiger partial charge on any atom is -0.439 e. The van der Waals surface area contributed by atoms with Crippen LogP contribution < -0.4 is 15.4 Å². The monoisotopic (exact) mass is 383 g/mol. The van der Waals surface area contributed by atoms with Crippen molar-refractivity contribution in [2.24, 2.45) is 12.0 Å². The van der Waals surface area contributed by atoms with Crippen LogP contribution in [0.3, 0.4) is 0 Å². The lowest BCUT2D eigenvalue weighted by Gasteiger charge is -2.11. The number of hydrogen-bond acceptors (Lipinski definition) is 5. The van der Waals surface area contributed by atoms with Crippen LogP contribution in [0, 0.1) is 5.82 Å². The maximum absolute atomic E-state index is 13.0. The van der Waals surface area contributed by atoms with Gasteiger partial charge < -0.3 is 15.4 Å². The fourth-order valence-corrected chi connectivity index (χ4v) is 2.38. The number of rotatable bonds is 7. The van der Waals surface area contributed by atoms with E-state index in [0.29, 0.717) is 30.7 Å². The van der Waals surface area contributed by atoms with Crippen molar-refractivity contribution in [1.29, 1.82) is 0 Å². The highest BCUT2D eigenvalue weighted by atomic mass is 19.1. The van der Waals surface area contributed by atoms with E-state index in [1.165, 1.54) is 18.5 Å². The van der Waals surface area contributed by atoms with Crippen molar-refractivity contribution in [2.75, 3.05) is 6.54 Å². The van der Waals surface area contributed by atoms with Crippen LogP contribution >= 0.6 is 0 Å². The van der Waals surface area contributed by atoms with Gasteiger partial charge in [-0.05, 0) is 42.8 Å². The van der Waals surface area contributed by atoms with E-state index in [2.05, 4.69) is 30.7 Å². The molecule has 0 fully saturated rings. The van der Waals surface area contributed by atoms with Crippen LogP contribution in [0.15, 0.2) is 53.9 Å². The number of nitrogens with one attached hydrogen (secondary N) is 2. The third kappa shape index (κ3) is 5.50. The summed E-state index contributed by atoms with van der Waals surface area (Å²) in [7, 11) is 1.84. The third-order valence-electron chi connectivity index (χ3n) is 3.82. The highest BCUT2D eigenvalue weighted by Crippen LogP contribution is 2.20. The number of nitrogens with zero attached hydrogens (tertiary/aromatic N) is 5. The third-order valence-corrected chi connectivity index (χ3v) is 3.82. The molecule has 0 saturated carbocycles. The molecule has 0 bridgehead atoms. The summed E-state index contributed by atoms with van der Waals surface area (Å²) >= 11 is 0. The van der Waals surface area contributed by atoms with Crippen LogP contribution in [0.2, 0.25) is 0 Å². The molecule has 2 aromatic heterocycles. The molecule has 0 unspecified atom stereocenters. The first kappa shape index (κ1) is 19.3. The maximum Gasteiger partial charge on any atom is 0.219 e. The molecule has 0 saturated heterocycles. The molecule has 0 aliphatic heterocycles. The average Bonchev–Trinajstić information content (AvgIpc) is 3.11. The Kier molecular flexibility index (Phi) is 6.50. The SMILES string of the molecule is CCNC(=NCc1ccnc(Oc2ccc(F)cc2)c1)NCc1ncnn1C. The number of guanidine groups is 1. The Bertz CT molecular complexity index is 924. The van der Waals surface area contributed by atoms with Gasteiger partial charge in [-0.15, -0.1) is 0 Å². The molecule has 28 heavy (non-hydrogen) atoms. The van der Waals surface area contributed by atoms with Gasteiger partial charge in [0, 0.05) is 25.9 Å². The highest BCUT2D eigenvalue weighted by molar-refractivity contribution is 5.79. The number of aromatic nitrogens is 4. The minimum atomic E-state index is -0.312. The Labute approximate surface area is 162 Å². The van der Waals surface area contributed by atoms with E-state index in [0.717, 1.165) is 17.9 Å². The first-order valence-corrected chi connectivity index (χ1v) is 8.87.